The maximum Gasteiger partial charge on any atom is 0.134 e. The molecule has 15 heavy (non-hydrogen) atoms. The SMILES string of the molecule is CCCN(CCC)c1cc(NC)ncn1. The third-order valence-electron chi connectivity index (χ3n) is 2.22. The number of aromatic nitrogens is 2. The molecule has 1 aromatic heterocycles. The van der Waals surface area contributed by atoms with Gasteiger partial charge < -0.3 is 10.2 Å². The predicted octanol–water partition coefficient (Wildman–Crippen LogP) is 2.14. The first-order valence-electron chi connectivity index (χ1n) is 5.56. The normalized spacial score (nSPS) is 10.1. The highest BCUT2D eigenvalue weighted by Gasteiger charge is 2.06. The molecule has 0 saturated carbocycles. The van der Waals surface area contributed by atoms with Gasteiger partial charge in [-0.3, -0.25) is 0 Å². The minimum absolute atomic E-state index is 0.872. The van der Waals surface area contributed by atoms with Crippen molar-refractivity contribution in [3.05, 3.63) is 12.4 Å². The zero-order chi connectivity index (χ0) is 11.1. The fourth-order valence-corrected chi connectivity index (χ4v) is 1.54. The van der Waals surface area contributed by atoms with Crippen molar-refractivity contribution in [3.63, 3.8) is 0 Å². The molecule has 1 aromatic rings. The number of hydrogen-bond donors (Lipinski definition) is 1. The average Bonchev–Trinajstić information content (AvgIpc) is 2.29. The van der Waals surface area contributed by atoms with Crippen LogP contribution in [0.3, 0.4) is 0 Å². The molecule has 0 fully saturated rings. The first-order chi connectivity index (χ1) is 7.31. The second kappa shape index (κ2) is 6.22. The van der Waals surface area contributed by atoms with Crippen LogP contribution in [0.15, 0.2) is 12.4 Å². The molecule has 0 aliphatic rings. The van der Waals surface area contributed by atoms with Crippen molar-refractivity contribution in [2.24, 2.45) is 0 Å². The summed E-state index contributed by atoms with van der Waals surface area (Å²) < 4.78 is 0. The first-order valence-corrected chi connectivity index (χ1v) is 5.56. The quantitative estimate of drug-likeness (QED) is 0.777. The molecule has 0 aromatic carbocycles. The lowest BCUT2D eigenvalue weighted by atomic mass is 10.3. The zero-order valence-electron chi connectivity index (χ0n) is 9.82. The maximum absolute atomic E-state index is 4.30. The molecular weight excluding hydrogens is 188 g/mol. The van der Waals surface area contributed by atoms with Gasteiger partial charge in [-0.05, 0) is 12.8 Å². The van der Waals surface area contributed by atoms with Crippen molar-refractivity contribution in [1.82, 2.24) is 9.97 Å². The summed E-state index contributed by atoms with van der Waals surface area (Å²) in [6, 6.07) is 1.99. The van der Waals surface area contributed by atoms with Crippen LogP contribution in [0.5, 0.6) is 0 Å². The largest absolute Gasteiger partial charge is 0.373 e. The highest BCUT2D eigenvalue weighted by Crippen LogP contribution is 2.14. The van der Waals surface area contributed by atoms with Crippen molar-refractivity contribution in [3.8, 4) is 0 Å². The van der Waals surface area contributed by atoms with Crippen molar-refractivity contribution in [1.29, 1.82) is 0 Å². The minimum Gasteiger partial charge on any atom is -0.373 e. The molecule has 1 rings (SSSR count). The number of rotatable bonds is 6. The number of hydrogen-bond acceptors (Lipinski definition) is 4. The smallest absolute Gasteiger partial charge is 0.134 e. The van der Waals surface area contributed by atoms with Crippen molar-refractivity contribution in [2.75, 3.05) is 30.4 Å². The highest BCUT2D eigenvalue weighted by atomic mass is 15.2. The third kappa shape index (κ3) is 3.38. The van der Waals surface area contributed by atoms with Gasteiger partial charge in [0.15, 0.2) is 0 Å². The fraction of sp³-hybridized carbons (Fsp3) is 0.636. The molecule has 0 amide bonds. The maximum atomic E-state index is 4.30. The van der Waals surface area contributed by atoms with Gasteiger partial charge in [0.1, 0.15) is 18.0 Å². The Balaban J connectivity index is 2.79. The number of anilines is 2. The topological polar surface area (TPSA) is 41.0 Å². The molecule has 0 atom stereocenters. The van der Waals surface area contributed by atoms with Crippen LogP contribution >= 0.6 is 0 Å². The van der Waals surface area contributed by atoms with Crippen molar-refractivity contribution >= 4 is 11.6 Å². The van der Waals surface area contributed by atoms with E-state index in [1.807, 2.05) is 13.1 Å². The van der Waals surface area contributed by atoms with Gasteiger partial charge in [-0.2, -0.15) is 0 Å². The molecule has 0 spiro atoms. The summed E-state index contributed by atoms with van der Waals surface area (Å²) in [5.41, 5.74) is 0. The van der Waals surface area contributed by atoms with E-state index in [4.69, 9.17) is 0 Å². The summed E-state index contributed by atoms with van der Waals surface area (Å²) in [6.45, 7) is 6.47. The second-order valence-electron chi connectivity index (χ2n) is 3.50. The lowest BCUT2D eigenvalue weighted by molar-refractivity contribution is 0.733. The molecule has 1 N–H and O–H groups in total. The van der Waals surface area contributed by atoms with Crippen LogP contribution in [0.4, 0.5) is 11.6 Å². The standard InChI is InChI=1S/C11H20N4/c1-4-6-15(7-5-2)11-8-10(12-3)13-9-14-11/h8-9H,4-7H2,1-3H3,(H,12,13,14). The van der Waals surface area contributed by atoms with Crippen LogP contribution in [0.25, 0.3) is 0 Å². The fourth-order valence-electron chi connectivity index (χ4n) is 1.54. The summed E-state index contributed by atoms with van der Waals surface area (Å²) in [5, 5.41) is 3.03. The molecule has 0 unspecified atom stereocenters. The molecule has 4 heteroatoms. The van der Waals surface area contributed by atoms with E-state index in [2.05, 4.69) is 34.0 Å². The molecule has 0 aliphatic heterocycles. The van der Waals surface area contributed by atoms with E-state index in [-0.39, 0.29) is 0 Å². The number of nitrogens with zero attached hydrogens (tertiary/aromatic N) is 3. The molecule has 1 heterocycles. The first kappa shape index (κ1) is 11.8. The van der Waals surface area contributed by atoms with E-state index in [9.17, 15) is 0 Å². The van der Waals surface area contributed by atoms with Crippen LogP contribution in [-0.4, -0.2) is 30.1 Å². The van der Waals surface area contributed by atoms with Gasteiger partial charge in [0.25, 0.3) is 0 Å². The lowest BCUT2D eigenvalue weighted by Crippen LogP contribution is -2.25. The Kier molecular flexibility index (Phi) is 4.87. The molecular formula is C11H20N4. The average molecular weight is 208 g/mol. The molecule has 0 radical (unpaired) electrons. The Hall–Kier alpha value is -1.32. The van der Waals surface area contributed by atoms with Gasteiger partial charge in [-0.15, -0.1) is 0 Å². The van der Waals surface area contributed by atoms with E-state index >= 15 is 0 Å². The number of nitrogens with one attached hydrogen (secondary N) is 1. The highest BCUT2D eigenvalue weighted by molar-refractivity contribution is 5.47. The predicted molar refractivity (Wildman–Crippen MR) is 64.4 cm³/mol. The zero-order valence-corrected chi connectivity index (χ0v) is 9.82. The monoisotopic (exact) mass is 208 g/mol. The Morgan fingerprint density at radius 2 is 1.87 bits per heavy atom. The van der Waals surface area contributed by atoms with Crippen LogP contribution in [0.2, 0.25) is 0 Å². The lowest BCUT2D eigenvalue weighted by Gasteiger charge is -2.22. The van der Waals surface area contributed by atoms with E-state index in [0.717, 1.165) is 37.6 Å². The Bertz CT molecular complexity index is 282. The van der Waals surface area contributed by atoms with Crippen LogP contribution in [0.1, 0.15) is 26.7 Å². The summed E-state index contributed by atoms with van der Waals surface area (Å²) in [6.07, 6.45) is 3.89. The Morgan fingerprint density at radius 1 is 1.20 bits per heavy atom. The van der Waals surface area contributed by atoms with E-state index < -0.39 is 0 Å². The molecule has 0 saturated heterocycles. The van der Waals surface area contributed by atoms with E-state index in [1.165, 1.54) is 0 Å². The summed E-state index contributed by atoms with van der Waals surface area (Å²) in [7, 11) is 1.87. The molecule has 4 nitrogen and oxygen atoms in total. The third-order valence-corrected chi connectivity index (χ3v) is 2.22. The van der Waals surface area contributed by atoms with Crippen molar-refractivity contribution in [2.45, 2.75) is 26.7 Å². The van der Waals surface area contributed by atoms with Crippen molar-refractivity contribution < 1.29 is 0 Å². The van der Waals surface area contributed by atoms with E-state index in [0.29, 0.717) is 0 Å². The van der Waals surface area contributed by atoms with Crippen LogP contribution < -0.4 is 10.2 Å². The van der Waals surface area contributed by atoms with Crippen LogP contribution in [-0.2, 0) is 0 Å². The van der Waals surface area contributed by atoms with E-state index in [1.54, 1.807) is 6.33 Å². The second-order valence-corrected chi connectivity index (χ2v) is 3.50. The summed E-state index contributed by atoms with van der Waals surface area (Å²) in [4.78, 5) is 10.7. The summed E-state index contributed by atoms with van der Waals surface area (Å²) in [5.74, 6) is 1.88. The van der Waals surface area contributed by atoms with Gasteiger partial charge >= 0.3 is 0 Å². The van der Waals surface area contributed by atoms with Gasteiger partial charge in [0, 0.05) is 26.2 Å². The van der Waals surface area contributed by atoms with Gasteiger partial charge in [-0.1, -0.05) is 13.8 Å². The molecule has 84 valence electrons. The molecule has 0 aliphatic carbocycles. The Morgan fingerprint density at radius 3 is 2.40 bits per heavy atom. The molecule has 0 bridgehead atoms. The summed E-state index contributed by atoms with van der Waals surface area (Å²) >= 11 is 0. The van der Waals surface area contributed by atoms with Gasteiger partial charge in [0.2, 0.25) is 0 Å². The minimum atomic E-state index is 0.872. The van der Waals surface area contributed by atoms with Gasteiger partial charge in [0.05, 0.1) is 0 Å². The Labute approximate surface area is 91.7 Å². The van der Waals surface area contributed by atoms with Crippen LogP contribution in [0, 0.1) is 0 Å². The van der Waals surface area contributed by atoms with Gasteiger partial charge in [-0.25, -0.2) is 9.97 Å².